The van der Waals surface area contributed by atoms with Crippen LogP contribution in [0.15, 0.2) is 22.7 Å². The third-order valence-corrected chi connectivity index (χ3v) is 4.53. The molecule has 1 aromatic carbocycles. The van der Waals surface area contributed by atoms with Crippen LogP contribution in [0.5, 0.6) is 0 Å². The van der Waals surface area contributed by atoms with E-state index in [2.05, 4.69) is 28.2 Å². The summed E-state index contributed by atoms with van der Waals surface area (Å²) >= 11 is 3.28. The average Bonchev–Trinajstić information content (AvgIpc) is 2.40. The number of rotatable bonds is 5. The summed E-state index contributed by atoms with van der Waals surface area (Å²) in [4.78, 5) is 10.7. The van der Waals surface area contributed by atoms with Gasteiger partial charge >= 0.3 is 0 Å². The fourth-order valence-electron chi connectivity index (χ4n) is 3.01. The van der Waals surface area contributed by atoms with Gasteiger partial charge < -0.3 is 5.32 Å². The first-order valence-electron chi connectivity index (χ1n) is 7.20. The Labute approximate surface area is 128 Å². The number of nitrogens with zero attached hydrogens (tertiary/aromatic N) is 1. The van der Waals surface area contributed by atoms with Crippen molar-refractivity contribution in [3.05, 3.63) is 38.3 Å². The highest BCUT2D eigenvalue weighted by atomic mass is 79.9. The number of nitro benzene ring substituents is 1. The molecule has 1 aliphatic carbocycles. The average molecular weight is 341 g/mol. The minimum atomic E-state index is -0.315. The molecule has 0 aromatic heterocycles. The second kappa shape index (κ2) is 7.18. The zero-order valence-corrected chi connectivity index (χ0v) is 13.4. The molecule has 1 saturated carbocycles. The number of halogens is 1. The van der Waals surface area contributed by atoms with Gasteiger partial charge in [-0.2, -0.15) is 0 Å². The molecule has 1 aromatic rings. The molecule has 5 heteroatoms. The lowest BCUT2D eigenvalue weighted by Gasteiger charge is -2.26. The van der Waals surface area contributed by atoms with Crippen molar-refractivity contribution in [1.82, 2.24) is 5.32 Å². The molecular weight excluding hydrogens is 320 g/mol. The molecular formula is C15H21BrN2O2. The molecule has 0 aliphatic heterocycles. The van der Waals surface area contributed by atoms with Gasteiger partial charge in [-0.15, -0.1) is 0 Å². The first-order chi connectivity index (χ1) is 9.56. The summed E-state index contributed by atoms with van der Waals surface area (Å²) < 4.78 is 0.744. The van der Waals surface area contributed by atoms with Crippen LogP contribution in [0, 0.1) is 22.0 Å². The SMILES string of the molecule is CC1CCCC(CNCc2ccc(Br)cc2[N+](=O)[O-])C1. The molecule has 0 amide bonds. The van der Waals surface area contributed by atoms with Gasteiger partial charge in [-0.3, -0.25) is 10.1 Å². The zero-order chi connectivity index (χ0) is 14.5. The third-order valence-electron chi connectivity index (χ3n) is 4.04. The Balaban J connectivity index is 1.89. The van der Waals surface area contributed by atoms with Gasteiger partial charge in [-0.25, -0.2) is 0 Å². The van der Waals surface area contributed by atoms with Gasteiger partial charge in [-0.1, -0.05) is 35.7 Å². The van der Waals surface area contributed by atoms with E-state index in [1.54, 1.807) is 6.07 Å². The van der Waals surface area contributed by atoms with Gasteiger partial charge in [0.15, 0.2) is 0 Å². The lowest BCUT2D eigenvalue weighted by molar-refractivity contribution is -0.385. The van der Waals surface area contributed by atoms with Crippen LogP contribution in [-0.4, -0.2) is 11.5 Å². The summed E-state index contributed by atoms with van der Waals surface area (Å²) in [6, 6.07) is 5.24. The third kappa shape index (κ3) is 4.28. The van der Waals surface area contributed by atoms with Crippen molar-refractivity contribution in [2.75, 3.05) is 6.54 Å². The number of hydrogen-bond donors (Lipinski definition) is 1. The first-order valence-corrected chi connectivity index (χ1v) is 7.99. The van der Waals surface area contributed by atoms with E-state index in [4.69, 9.17) is 0 Å². The molecule has 2 atom stereocenters. The predicted molar refractivity (Wildman–Crippen MR) is 83.6 cm³/mol. The van der Waals surface area contributed by atoms with Crippen molar-refractivity contribution in [3.8, 4) is 0 Å². The molecule has 2 unspecified atom stereocenters. The highest BCUT2D eigenvalue weighted by Gasteiger charge is 2.19. The standard InChI is InChI=1S/C15H21BrN2O2/c1-11-3-2-4-12(7-11)9-17-10-13-5-6-14(16)8-15(13)18(19)20/h5-6,8,11-12,17H,2-4,7,9-10H2,1H3. The highest BCUT2D eigenvalue weighted by Crippen LogP contribution is 2.28. The van der Waals surface area contributed by atoms with E-state index < -0.39 is 0 Å². The van der Waals surface area contributed by atoms with Gasteiger partial charge in [0.2, 0.25) is 0 Å². The molecule has 0 bridgehead atoms. The van der Waals surface area contributed by atoms with Crippen molar-refractivity contribution < 1.29 is 4.92 Å². The van der Waals surface area contributed by atoms with E-state index in [1.807, 2.05) is 12.1 Å². The fraction of sp³-hybridized carbons (Fsp3) is 0.600. The largest absolute Gasteiger partial charge is 0.312 e. The van der Waals surface area contributed by atoms with Crippen LogP contribution in [0.4, 0.5) is 5.69 Å². The molecule has 0 spiro atoms. The molecule has 1 fully saturated rings. The molecule has 20 heavy (non-hydrogen) atoms. The van der Waals surface area contributed by atoms with Crippen molar-refractivity contribution in [2.45, 2.75) is 39.2 Å². The van der Waals surface area contributed by atoms with Crippen molar-refractivity contribution in [3.63, 3.8) is 0 Å². The van der Waals surface area contributed by atoms with Crippen LogP contribution in [0.3, 0.4) is 0 Å². The molecule has 110 valence electrons. The van der Waals surface area contributed by atoms with Gasteiger partial charge in [-0.05, 0) is 43.4 Å². The Morgan fingerprint density at radius 1 is 1.45 bits per heavy atom. The molecule has 1 N–H and O–H groups in total. The zero-order valence-electron chi connectivity index (χ0n) is 11.8. The second-order valence-corrected chi connectivity index (χ2v) is 6.71. The van der Waals surface area contributed by atoms with Crippen molar-refractivity contribution in [2.24, 2.45) is 11.8 Å². The molecule has 0 radical (unpaired) electrons. The van der Waals surface area contributed by atoms with Crippen LogP contribution < -0.4 is 5.32 Å². The highest BCUT2D eigenvalue weighted by molar-refractivity contribution is 9.10. The van der Waals surface area contributed by atoms with Crippen molar-refractivity contribution >= 4 is 21.6 Å². The van der Waals surface area contributed by atoms with Crippen molar-refractivity contribution in [1.29, 1.82) is 0 Å². The molecule has 0 heterocycles. The quantitative estimate of drug-likeness (QED) is 0.643. The topological polar surface area (TPSA) is 55.2 Å². The number of benzene rings is 1. The first kappa shape index (κ1) is 15.4. The Bertz CT molecular complexity index is 479. The molecule has 0 saturated heterocycles. The van der Waals surface area contributed by atoms with Crippen LogP contribution in [0.2, 0.25) is 0 Å². The summed E-state index contributed by atoms with van der Waals surface area (Å²) in [6.45, 7) is 3.83. The van der Waals surface area contributed by atoms with Crippen LogP contribution in [-0.2, 0) is 6.54 Å². The Kier molecular flexibility index (Phi) is 5.54. The van der Waals surface area contributed by atoms with E-state index in [1.165, 1.54) is 25.7 Å². The van der Waals surface area contributed by atoms with E-state index in [9.17, 15) is 10.1 Å². The predicted octanol–water partition coefficient (Wildman–Crippen LogP) is 4.27. The summed E-state index contributed by atoms with van der Waals surface area (Å²) in [5.41, 5.74) is 0.936. The van der Waals surface area contributed by atoms with E-state index in [0.717, 1.165) is 22.5 Å². The summed E-state index contributed by atoms with van der Waals surface area (Å²) in [5, 5.41) is 14.4. The van der Waals surface area contributed by atoms with Gasteiger partial charge in [0.05, 0.1) is 4.92 Å². The monoisotopic (exact) mass is 340 g/mol. The fourth-order valence-corrected chi connectivity index (χ4v) is 3.36. The maximum absolute atomic E-state index is 11.0. The number of hydrogen-bond acceptors (Lipinski definition) is 3. The summed E-state index contributed by atoms with van der Waals surface area (Å²) in [7, 11) is 0. The van der Waals surface area contributed by atoms with E-state index in [-0.39, 0.29) is 10.6 Å². The molecule has 2 rings (SSSR count). The smallest absolute Gasteiger partial charge is 0.275 e. The molecule has 4 nitrogen and oxygen atoms in total. The van der Waals surface area contributed by atoms with E-state index in [0.29, 0.717) is 12.5 Å². The minimum absolute atomic E-state index is 0.184. The number of nitro groups is 1. The Hall–Kier alpha value is -0.940. The lowest BCUT2D eigenvalue weighted by atomic mass is 9.82. The summed E-state index contributed by atoms with van der Waals surface area (Å²) in [6.07, 6.45) is 5.20. The second-order valence-electron chi connectivity index (χ2n) is 5.80. The van der Waals surface area contributed by atoms with Crippen LogP contribution in [0.25, 0.3) is 0 Å². The minimum Gasteiger partial charge on any atom is -0.312 e. The Morgan fingerprint density at radius 2 is 2.25 bits per heavy atom. The lowest BCUT2D eigenvalue weighted by Crippen LogP contribution is -2.26. The maximum atomic E-state index is 11.0. The van der Waals surface area contributed by atoms with Crippen LogP contribution >= 0.6 is 15.9 Å². The normalized spacial score (nSPS) is 22.7. The molecule has 1 aliphatic rings. The van der Waals surface area contributed by atoms with Gasteiger partial charge in [0.1, 0.15) is 0 Å². The Morgan fingerprint density at radius 3 is 2.95 bits per heavy atom. The summed E-state index contributed by atoms with van der Waals surface area (Å²) in [5.74, 6) is 1.53. The van der Waals surface area contributed by atoms with Gasteiger partial charge in [0.25, 0.3) is 5.69 Å². The maximum Gasteiger partial charge on any atom is 0.275 e. The number of nitrogens with one attached hydrogen (secondary N) is 1. The van der Waals surface area contributed by atoms with Crippen LogP contribution in [0.1, 0.15) is 38.2 Å². The van der Waals surface area contributed by atoms with E-state index >= 15 is 0 Å². The van der Waals surface area contributed by atoms with Gasteiger partial charge in [0, 0.05) is 22.6 Å².